The number of aromatic carboxylic acids is 1. The van der Waals surface area contributed by atoms with Gasteiger partial charge >= 0.3 is 5.97 Å². The Labute approximate surface area is 158 Å². The molecule has 0 unspecified atom stereocenters. The first kappa shape index (κ1) is 18.8. The SMILES string of the molecule is COc1cc(C(=O)Nc2ccc(I)c(C(=O)O)c2)cc(OC)c1OC. The minimum atomic E-state index is -1.06. The Balaban J connectivity index is 2.35. The molecule has 2 N–H and O–H groups in total. The fourth-order valence-electron chi connectivity index (χ4n) is 2.18. The fraction of sp³-hybridized carbons (Fsp3) is 0.176. The van der Waals surface area contributed by atoms with Crippen molar-refractivity contribution in [1.29, 1.82) is 0 Å². The molecule has 25 heavy (non-hydrogen) atoms. The molecule has 0 aromatic heterocycles. The van der Waals surface area contributed by atoms with Gasteiger partial charge < -0.3 is 24.6 Å². The van der Waals surface area contributed by atoms with Crippen molar-refractivity contribution in [3.8, 4) is 17.2 Å². The Morgan fingerprint density at radius 2 is 1.60 bits per heavy atom. The molecule has 0 bridgehead atoms. The van der Waals surface area contributed by atoms with Crippen molar-refractivity contribution in [2.45, 2.75) is 0 Å². The maximum atomic E-state index is 12.5. The fourth-order valence-corrected chi connectivity index (χ4v) is 2.75. The maximum Gasteiger partial charge on any atom is 0.336 e. The third kappa shape index (κ3) is 4.13. The van der Waals surface area contributed by atoms with Crippen molar-refractivity contribution in [2.75, 3.05) is 26.6 Å². The van der Waals surface area contributed by atoms with E-state index in [0.29, 0.717) is 26.5 Å². The summed E-state index contributed by atoms with van der Waals surface area (Å²) in [4.78, 5) is 23.7. The Bertz CT molecular complexity index is 796. The van der Waals surface area contributed by atoms with Crippen molar-refractivity contribution < 1.29 is 28.9 Å². The molecule has 2 rings (SSSR count). The van der Waals surface area contributed by atoms with Gasteiger partial charge in [-0.2, -0.15) is 0 Å². The van der Waals surface area contributed by atoms with Gasteiger partial charge in [-0.25, -0.2) is 4.79 Å². The van der Waals surface area contributed by atoms with Gasteiger partial charge in [0.05, 0.1) is 26.9 Å². The van der Waals surface area contributed by atoms with E-state index in [1.807, 2.05) is 22.6 Å². The molecule has 8 heteroatoms. The predicted molar refractivity (Wildman–Crippen MR) is 100 cm³/mol. The van der Waals surface area contributed by atoms with Crippen LogP contribution in [-0.2, 0) is 0 Å². The van der Waals surface area contributed by atoms with Crippen molar-refractivity contribution in [1.82, 2.24) is 0 Å². The number of benzene rings is 2. The van der Waals surface area contributed by atoms with Gasteiger partial charge in [0.1, 0.15) is 0 Å². The normalized spacial score (nSPS) is 10.1. The number of carbonyl (C=O) groups excluding carboxylic acids is 1. The van der Waals surface area contributed by atoms with Crippen LogP contribution in [-0.4, -0.2) is 38.3 Å². The molecule has 0 heterocycles. The van der Waals surface area contributed by atoms with Crippen LogP contribution in [0, 0.1) is 3.57 Å². The monoisotopic (exact) mass is 457 g/mol. The third-order valence-corrected chi connectivity index (χ3v) is 4.32. The van der Waals surface area contributed by atoms with Crippen molar-refractivity contribution in [2.24, 2.45) is 0 Å². The summed E-state index contributed by atoms with van der Waals surface area (Å²) in [6, 6.07) is 7.68. The molecule has 2 aromatic carbocycles. The van der Waals surface area contributed by atoms with E-state index in [-0.39, 0.29) is 11.1 Å². The summed E-state index contributed by atoms with van der Waals surface area (Å²) in [6.45, 7) is 0. The minimum absolute atomic E-state index is 0.114. The highest BCUT2D eigenvalue weighted by molar-refractivity contribution is 14.1. The largest absolute Gasteiger partial charge is 0.493 e. The average Bonchev–Trinajstić information content (AvgIpc) is 2.61. The summed E-state index contributed by atoms with van der Waals surface area (Å²) in [5.74, 6) is -0.421. The lowest BCUT2D eigenvalue weighted by molar-refractivity contribution is 0.0695. The van der Waals surface area contributed by atoms with Crippen LogP contribution in [0.25, 0.3) is 0 Å². The van der Waals surface area contributed by atoms with Crippen molar-refractivity contribution in [3.05, 3.63) is 45.0 Å². The molecule has 132 valence electrons. The number of methoxy groups -OCH3 is 3. The molecule has 0 saturated heterocycles. The summed E-state index contributed by atoms with van der Waals surface area (Å²) < 4.78 is 16.2. The van der Waals surface area contributed by atoms with Crippen LogP contribution in [0.2, 0.25) is 0 Å². The topological polar surface area (TPSA) is 94.1 Å². The van der Waals surface area contributed by atoms with Gasteiger partial charge in [0.25, 0.3) is 5.91 Å². The Morgan fingerprint density at radius 3 is 2.08 bits per heavy atom. The zero-order chi connectivity index (χ0) is 18.6. The van der Waals surface area contributed by atoms with Gasteiger partial charge in [0.2, 0.25) is 5.75 Å². The highest BCUT2D eigenvalue weighted by Crippen LogP contribution is 2.38. The van der Waals surface area contributed by atoms with E-state index in [4.69, 9.17) is 14.2 Å². The molecule has 0 aliphatic heterocycles. The number of rotatable bonds is 6. The lowest BCUT2D eigenvalue weighted by Gasteiger charge is -2.14. The Morgan fingerprint density at radius 1 is 1.00 bits per heavy atom. The van der Waals surface area contributed by atoms with Crippen molar-refractivity contribution >= 4 is 40.2 Å². The number of carboxylic acid groups (broad SMARTS) is 1. The highest BCUT2D eigenvalue weighted by Gasteiger charge is 2.18. The van der Waals surface area contributed by atoms with Crippen LogP contribution in [0.15, 0.2) is 30.3 Å². The molecule has 0 atom stereocenters. The molecule has 0 aliphatic rings. The number of nitrogens with one attached hydrogen (secondary N) is 1. The summed E-state index contributed by atoms with van der Waals surface area (Å²) in [6.07, 6.45) is 0. The molecule has 0 spiro atoms. The smallest absolute Gasteiger partial charge is 0.336 e. The van der Waals surface area contributed by atoms with E-state index in [2.05, 4.69) is 5.32 Å². The maximum absolute atomic E-state index is 12.5. The number of anilines is 1. The number of hydrogen-bond acceptors (Lipinski definition) is 5. The number of amides is 1. The summed E-state index contributed by atoms with van der Waals surface area (Å²) >= 11 is 1.92. The number of hydrogen-bond donors (Lipinski definition) is 2. The molecule has 7 nitrogen and oxygen atoms in total. The van der Waals surface area contributed by atoms with Gasteiger partial charge in [-0.1, -0.05) is 0 Å². The molecule has 0 fully saturated rings. The van der Waals surface area contributed by atoms with Crippen LogP contribution in [0.1, 0.15) is 20.7 Å². The quantitative estimate of drug-likeness (QED) is 0.647. The van der Waals surface area contributed by atoms with Gasteiger partial charge in [0, 0.05) is 14.8 Å². The van der Waals surface area contributed by atoms with E-state index in [9.17, 15) is 14.7 Å². The van der Waals surface area contributed by atoms with E-state index >= 15 is 0 Å². The van der Waals surface area contributed by atoms with Gasteiger partial charge in [0.15, 0.2) is 11.5 Å². The Hall–Kier alpha value is -2.49. The number of ether oxygens (including phenoxy) is 3. The summed E-state index contributed by atoms with van der Waals surface area (Å²) in [5, 5.41) is 11.8. The third-order valence-electron chi connectivity index (χ3n) is 3.38. The van der Waals surface area contributed by atoms with E-state index < -0.39 is 11.9 Å². The lowest BCUT2D eigenvalue weighted by Crippen LogP contribution is -2.13. The summed E-state index contributed by atoms with van der Waals surface area (Å²) in [5.41, 5.74) is 0.768. The molecular weight excluding hydrogens is 441 g/mol. The molecule has 1 amide bonds. The second-order valence-corrected chi connectivity index (χ2v) is 6.03. The zero-order valence-electron chi connectivity index (χ0n) is 13.8. The predicted octanol–water partition coefficient (Wildman–Crippen LogP) is 3.27. The van der Waals surface area contributed by atoms with Gasteiger partial charge in [-0.15, -0.1) is 0 Å². The average molecular weight is 457 g/mol. The molecular formula is C17H16INO6. The molecule has 2 aromatic rings. The van der Waals surface area contributed by atoms with Crippen LogP contribution in [0.5, 0.6) is 17.2 Å². The first-order valence-corrected chi connectivity index (χ1v) is 8.13. The standard InChI is InChI=1S/C17H16INO6/c1-23-13-6-9(7-14(24-2)15(13)25-3)16(20)19-10-4-5-12(18)11(8-10)17(21)22/h4-8H,1-3H3,(H,19,20)(H,21,22). The van der Waals surface area contributed by atoms with Gasteiger partial charge in [-0.3, -0.25) is 4.79 Å². The number of carboxylic acids is 1. The van der Waals surface area contributed by atoms with Crippen LogP contribution in [0.4, 0.5) is 5.69 Å². The van der Waals surface area contributed by atoms with E-state index in [0.717, 1.165) is 0 Å². The number of carbonyl (C=O) groups is 2. The minimum Gasteiger partial charge on any atom is -0.493 e. The van der Waals surface area contributed by atoms with E-state index in [1.54, 1.807) is 12.1 Å². The molecule has 0 saturated carbocycles. The molecule has 0 radical (unpaired) electrons. The van der Waals surface area contributed by atoms with Crippen LogP contribution in [0.3, 0.4) is 0 Å². The second kappa shape index (κ2) is 8.06. The van der Waals surface area contributed by atoms with Crippen LogP contribution < -0.4 is 19.5 Å². The van der Waals surface area contributed by atoms with E-state index in [1.165, 1.54) is 39.5 Å². The van der Waals surface area contributed by atoms with Crippen molar-refractivity contribution in [3.63, 3.8) is 0 Å². The van der Waals surface area contributed by atoms with Crippen LogP contribution >= 0.6 is 22.6 Å². The molecule has 0 aliphatic carbocycles. The van der Waals surface area contributed by atoms with Gasteiger partial charge in [-0.05, 0) is 52.9 Å². The zero-order valence-corrected chi connectivity index (χ0v) is 15.9. The summed E-state index contributed by atoms with van der Waals surface area (Å²) in [7, 11) is 4.38. The first-order chi connectivity index (χ1) is 11.9. The number of halogens is 1. The Kier molecular flexibility index (Phi) is 6.07. The second-order valence-electron chi connectivity index (χ2n) is 4.87. The highest BCUT2D eigenvalue weighted by atomic mass is 127. The first-order valence-electron chi connectivity index (χ1n) is 7.05. The lowest BCUT2D eigenvalue weighted by atomic mass is 10.1.